The van der Waals surface area contributed by atoms with E-state index in [1.165, 1.54) is 18.7 Å². The SMILES string of the molecule is C=CC(=O)N1CCN(c2ncc3ncnc(Nc4ccc(Oc5ccn6ncnc6c5)c(Cl)c4)c3n2)CC1. The molecule has 1 saturated heterocycles. The summed E-state index contributed by atoms with van der Waals surface area (Å²) in [4.78, 5) is 37.7. The first-order valence-electron chi connectivity index (χ1n) is 11.8. The third-order valence-electron chi connectivity index (χ3n) is 6.09. The third-order valence-corrected chi connectivity index (χ3v) is 6.38. The molecule has 1 aromatic carbocycles. The first-order valence-corrected chi connectivity index (χ1v) is 12.1. The van der Waals surface area contributed by atoms with Crippen LogP contribution in [0, 0.1) is 0 Å². The monoisotopic (exact) mass is 528 g/mol. The third kappa shape index (κ3) is 4.64. The van der Waals surface area contributed by atoms with Crippen LogP contribution < -0.4 is 15.0 Å². The molecule has 1 N–H and O–H groups in total. The molecule has 1 aliphatic heterocycles. The fourth-order valence-corrected chi connectivity index (χ4v) is 4.35. The number of rotatable bonds is 6. The van der Waals surface area contributed by atoms with E-state index in [2.05, 4.69) is 36.9 Å². The van der Waals surface area contributed by atoms with Gasteiger partial charge in [-0.15, -0.1) is 0 Å². The molecule has 0 radical (unpaired) electrons. The highest BCUT2D eigenvalue weighted by Crippen LogP contribution is 2.33. The summed E-state index contributed by atoms with van der Waals surface area (Å²) in [6, 6.07) is 8.91. The number of ether oxygens (including phenoxy) is 1. The number of piperazine rings is 1. The van der Waals surface area contributed by atoms with E-state index in [0.29, 0.717) is 76.8 Å². The molecule has 12 nitrogen and oxygen atoms in total. The number of nitrogens with one attached hydrogen (secondary N) is 1. The van der Waals surface area contributed by atoms with E-state index in [-0.39, 0.29) is 5.91 Å². The zero-order valence-corrected chi connectivity index (χ0v) is 20.8. The van der Waals surface area contributed by atoms with Gasteiger partial charge >= 0.3 is 0 Å². The maximum Gasteiger partial charge on any atom is 0.246 e. The number of nitrogens with zero attached hydrogens (tertiary/aromatic N) is 9. The van der Waals surface area contributed by atoms with E-state index < -0.39 is 0 Å². The van der Waals surface area contributed by atoms with Crippen molar-refractivity contribution < 1.29 is 9.53 Å². The summed E-state index contributed by atoms with van der Waals surface area (Å²) in [6.45, 7) is 5.93. The minimum Gasteiger partial charge on any atom is -0.456 e. The molecule has 1 aliphatic rings. The van der Waals surface area contributed by atoms with Gasteiger partial charge in [0.25, 0.3) is 0 Å². The van der Waals surface area contributed by atoms with Gasteiger partial charge in [-0.25, -0.2) is 29.4 Å². The molecule has 0 aliphatic carbocycles. The molecule has 4 aromatic heterocycles. The average molecular weight is 529 g/mol. The first kappa shape index (κ1) is 23.6. The largest absolute Gasteiger partial charge is 0.456 e. The molecular formula is C25H21ClN10O2. The van der Waals surface area contributed by atoms with E-state index in [1.807, 2.05) is 11.0 Å². The Bertz CT molecular complexity index is 1670. The van der Waals surface area contributed by atoms with E-state index in [0.717, 1.165) is 0 Å². The first-order chi connectivity index (χ1) is 18.6. The number of halogens is 1. The Hall–Kier alpha value is -4.84. The molecule has 5 aromatic rings. The number of carbonyl (C=O) groups is 1. The standard InChI is InChI=1S/C25H21ClN10O2/c1-2-22(37)34-7-9-35(10-8-34)25-27-13-19-23(33-25)24(30-14-28-19)32-16-3-4-20(18(26)11-16)38-17-5-6-36-21(12-17)29-15-31-36/h2-6,11-15H,1,7-10H2,(H,28,30,32). The second kappa shape index (κ2) is 9.90. The van der Waals surface area contributed by atoms with Gasteiger partial charge in [0.05, 0.1) is 11.2 Å². The zero-order valence-electron chi connectivity index (χ0n) is 20.0. The van der Waals surface area contributed by atoms with Crippen molar-refractivity contribution in [3.05, 3.63) is 73.1 Å². The predicted octanol–water partition coefficient (Wildman–Crippen LogP) is 3.49. The van der Waals surface area contributed by atoms with Gasteiger partial charge in [0.1, 0.15) is 35.2 Å². The molecule has 13 heteroatoms. The Morgan fingerprint density at radius 2 is 1.92 bits per heavy atom. The number of hydrogen-bond donors (Lipinski definition) is 1. The summed E-state index contributed by atoms with van der Waals surface area (Å²) in [6.07, 6.45) is 7.69. The summed E-state index contributed by atoms with van der Waals surface area (Å²) in [5, 5.41) is 7.77. The summed E-state index contributed by atoms with van der Waals surface area (Å²) in [5.41, 5.74) is 2.54. The second-order valence-corrected chi connectivity index (χ2v) is 8.85. The van der Waals surface area contributed by atoms with Gasteiger partial charge in [-0.3, -0.25) is 4.79 Å². The summed E-state index contributed by atoms with van der Waals surface area (Å²) < 4.78 is 7.60. The van der Waals surface area contributed by atoms with Crippen LogP contribution in [0.4, 0.5) is 17.5 Å². The topological polar surface area (TPSA) is 127 Å². The fraction of sp³-hybridized carbons (Fsp3) is 0.160. The molecule has 0 bridgehead atoms. The van der Waals surface area contributed by atoms with Crippen molar-refractivity contribution in [2.75, 3.05) is 36.4 Å². The molecule has 0 unspecified atom stereocenters. The minimum absolute atomic E-state index is 0.0737. The number of fused-ring (bicyclic) bond motifs is 2. The van der Waals surface area contributed by atoms with Gasteiger partial charge in [0, 0.05) is 44.1 Å². The number of carbonyl (C=O) groups excluding carboxylic acids is 1. The molecular weight excluding hydrogens is 508 g/mol. The number of aromatic nitrogens is 7. The Balaban J connectivity index is 1.21. The highest BCUT2D eigenvalue weighted by Gasteiger charge is 2.22. The van der Waals surface area contributed by atoms with Crippen LogP contribution in [0.1, 0.15) is 0 Å². The lowest BCUT2D eigenvalue weighted by atomic mass is 10.3. The second-order valence-electron chi connectivity index (χ2n) is 8.44. The number of benzene rings is 1. The molecule has 1 fully saturated rings. The maximum absolute atomic E-state index is 11.9. The summed E-state index contributed by atoms with van der Waals surface area (Å²) in [7, 11) is 0. The van der Waals surface area contributed by atoms with E-state index in [4.69, 9.17) is 21.3 Å². The highest BCUT2D eigenvalue weighted by atomic mass is 35.5. The van der Waals surface area contributed by atoms with Gasteiger partial charge in [-0.05, 0) is 30.3 Å². The Morgan fingerprint density at radius 1 is 1.05 bits per heavy atom. The Kier molecular flexibility index (Phi) is 6.14. The van der Waals surface area contributed by atoms with Crippen molar-refractivity contribution in [1.82, 2.24) is 39.4 Å². The molecule has 38 heavy (non-hydrogen) atoms. The smallest absolute Gasteiger partial charge is 0.246 e. The minimum atomic E-state index is -0.0737. The number of anilines is 3. The Morgan fingerprint density at radius 3 is 2.74 bits per heavy atom. The van der Waals surface area contributed by atoms with E-state index >= 15 is 0 Å². The zero-order chi connectivity index (χ0) is 26.1. The van der Waals surface area contributed by atoms with Crippen LogP contribution in [-0.4, -0.2) is 71.5 Å². The van der Waals surface area contributed by atoms with Crippen LogP contribution in [0.5, 0.6) is 11.5 Å². The normalized spacial score (nSPS) is 13.6. The lowest BCUT2D eigenvalue weighted by molar-refractivity contribution is -0.126. The fourth-order valence-electron chi connectivity index (χ4n) is 4.13. The molecule has 6 rings (SSSR count). The Labute approximate surface area is 221 Å². The van der Waals surface area contributed by atoms with Crippen LogP contribution in [0.15, 0.2) is 68.0 Å². The molecule has 0 atom stereocenters. The van der Waals surface area contributed by atoms with Crippen molar-refractivity contribution in [2.45, 2.75) is 0 Å². The van der Waals surface area contributed by atoms with Crippen LogP contribution in [0.2, 0.25) is 5.02 Å². The average Bonchev–Trinajstić information content (AvgIpc) is 3.42. The lowest BCUT2D eigenvalue weighted by Crippen LogP contribution is -2.48. The molecule has 5 heterocycles. The summed E-state index contributed by atoms with van der Waals surface area (Å²) >= 11 is 6.53. The summed E-state index contributed by atoms with van der Waals surface area (Å²) in [5.74, 6) is 2.07. The van der Waals surface area contributed by atoms with Crippen LogP contribution in [-0.2, 0) is 4.79 Å². The van der Waals surface area contributed by atoms with Crippen LogP contribution in [0.25, 0.3) is 16.7 Å². The quantitative estimate of drug-likeness (QED) is 0.327. The van der Waals surface area contributed by atoms with Gasteiger partial charge in [-0.2, -0.15) is 5.10 Å². The van der Waals surface area contributed by atoms with Gasteiger partial charge in [-0.1, -0.05) is 18.2 Å². The van der Waals surface area contributed by atoms with Crippen molar-refractivity contribution >= 4 is 51.6 Å². The number of hydrogen-bond acceptors (Lipinski definition) is 10. The highest BCUT2D eigenvalue weighted by molar-refractivity contribution is 6.32. The van der Waals surface area contributed by atoms with Crippen LogP contribution in [0.3, 0.4) is 0 Å². The van der Waals surface area contributed by atoms with E-state index in [1.54, 1.807) is 46.1 Å². The van der Waals surface area contributed by atoms with E-state index in [9.17, 15) is 4.79 Å². The van der Waals surface area contributed by atoms with Crippen LogP contribution >= 0.6 is 11.6 Å². The molecule has 1 amide bonds. The van der Waals surface area contributed by atoms with Crippen molar-refractivity contribution in [2.24, 2.45) is 0 Å². The van der Waals surface area contributed by atoms with Gasteiger partial charge < -0.3 is 19.9 Å². The number of pyridine rings is 1. The van der Waals surface area contributed by atoms with Crippen molar-refractivity contribution in [3.63, 3.8) is 0 Å². The molecule has 190 valence electrons. The number of amides is 1. The molecule has 0 spiro atoms. The maximum atomic E-state index is 11.9. The van der Waals surface area contributed by atoms with Gasteiger partial charge in [0.15, 0.2) is 11.5 Å². The van der Waals surface area contributed by atoms with Crippen molar-refractivity contribution in [1.29, 1.82) is 0 Å². The van der Waals surface area contributed by atoms with Crippen molar-refractivity contribution in [3.8, 4) is 11.5 Å². The predicted molar refractivity (Wildman–Crippen MR) is 142 cm³/mol. The molecule has 0 saturated carbocycles. The van der Waals surface area contributed by atoms with Gasteiger partial charge in [0.2, 0.25) is 11.9 Å². The lowest BCUT2D eigenvalue weighted by Gasteiger charge is -2.34.